The first-order valence-corrected chi connectivity index (χ1v) is 7.28. The molecule has 1 rings (SSSR count). The maximum absolute atomic E-state index is 12.1. The second-order valence-electron chi connectivity index (χ2n) is 4.05. The van der Waals surface area contributed by atoms with Gasteiger partial charge in [-0.15, -0.1) is 0 Å². The summed E-state index contributed by atoms with van der Waals surface area (Å²) in [4.78, 5) is 21.8. The zero-order valence-corrected chi connectivity index (χ0v) is 11.8. The number of carboxylic acid groups (broad SMARTS) is 1. The van der Waals surface area contributed by atoms with Gasteiger partial charge in [0.2, 0.25) is 5.91 Å². The Hall–Kier alpha value is -2.09. The molecule has 20 heavy (non-hydrogen) atoms. The van der Waals surface area contributed by atoms with E-state index in [0.29, 0.717) is 5.75 Å². The van der Waals surface area contributed by atoms with E-state index in [-0.39, 0.29) is 4.90 Å². The number of aliphatic carboxylic acids is 1. The van der Waals surface area contributed by atoms with Gasteiger partial charge in [-0.25, -0.2) is 13.2 Å². The highest BCUT2D eigenvalue weighted by atomic mass is 32.2. The molecule has 1 unspecified atom stereocenters. The molecule has 7 nitrogen and oxygen atoms in total. The maximum Gasteiger partial charge on any atom is 0.327 e. The molecular weight excluding hydrogens is 286 g/mol. The van der Waals surface area contributed by atoms with Gasteiger partial charge in [-0.3, -0.25) is 4.79 Å². The van der Waals surface area contributed by atoms with E-state index >= 15 is 0 Å². The quantitative estimate of drug-likeness (QED) is 0.768. The molecule has 0 spiro atoms. The van der Waals surface area contributed by atoms with Crippen LogP contribution in [0.5, 0.6) is 5.75 Å². The standard InChI is InChI=1S/C12H15NO6S/c1-8(14)13-11(12(15)16)7-20(17,18)10-5-3-9(19-2)4-6-10/h3-6,11H,7H2,1-2H3,(H,13,14)(H,15,16). The first-order chi connectivity index (χ1) is 9.26. The van der Waals surface area contributed by atoms with Gasteiger partial charge in [0.25, 0.3) is 0 Å². The molecule has 0 bridgehead atoms. The summed E-state index contributed by atoms with van der Waals surface area (Å²) < 4.78 is 29.1. The Kier molecular flexibility index (Phi) is 5.09. The Morgan fingerprint density at radius 2 is 1.85 bits per heavy atom. The van der Waals surface area contributed by atoms with E-state index < -0.39 is 33.5 Å². The lowest BCUT2D eigenvalue weighted by Gasteiger charge is -2.13. The predicted molar refractivity (Wildman–Crippen MR) is 70.3 cm³/mol. The summed E-state index contributed by atoms with van der Waals surface area (Å²) in [5, 5.41) is 11.0. The predicted octanol–water partition coefficient (Wildman–Crippen LogP) is 0.0582. The van der Waals surface area contributed by atoms with Crippen LogP contribution in [-0.4, -0.2) is 44.3 Å². The number of amides is 1. The van der Waals surface area contributed by atoms with Gasteiger partial charge < -0.3 is 15.2 Å². The first-order valence-electron chi connectivity index (χ1n) is 5.63. The van der Waals surface area contributed by atoms with Gasteiger partial charge in [-0.2, -0.15) is 0 Å². The molecule has 0 saturated carbocycles. The summed E-state index contributed by atoms with van der Waals surface area (Å²) in [7, 11) is -2.38. The number of rotatable bonds is 6. The monoisotopic (exact) mass is 301 g/mol. The van der Waals surface area contributed by atoms with E-state index in [0.717, 1.165) is 6.92 Å². The number of carbonyl (C=O) groups excluding carboxylic acids is 1. The van der Waals surface area contributed by atoms with Crippen molar-refractivity contribution >= 4 is 21.7 Å². The minimum atomic E-state index is -3.83. The molecule has 8 heteroatoms. The van der Waals surface area contributed by atoms with Crippen LogP contribution in [-0.2, 0) is 19.4 Å². The second-order valence-corrected chi connectivity index (χ2v) is 6.08. The van der Waals surface area contributed by atoms with Gasteiger partial charge in [0, 0.05) is 6.92 Å². The van der Waals surface area contributed by atoms with Crippen LogP contribution in [0.25, 0.3) is 0 Å². The molecule has 0 fully saturated rings. The van der Waals surface area contributed by atoms with E-state index in [9.17, 15) is 18.0 Å². The third-order valence-electron chi connectivity index (χ3n) is 2.48. The molecule has 1 amide bonds. The maximum atomic E-state index is 12.1. The van der Waals surface area contributed by atoms with E-state index in [4.69, 9.17) is 9.84 Å². The number of methoxy groups -OCH3 is 1. The third kappa shape index (κ3) is 4.23. The first kappa shape index (κ1) is 16.0. The lowest BCUT2D eigenvalue weighted by molar-refractivity contribution is -0.140. The van der Waals surface area contributed by atoms with Crippen molar-refractivity contribution in [1.29, 1.82) is 0 Å². The van der Waals surface area contributed by atoms with Crippen LogP contribution in [0.1, 0.15) is 6.92 Å². The third-order valence-corrected chi connectivity index (χ3v) is 4.24. The number of carbonyl (C=O) groups is 2. The van der Waals surface area contributed by atoms with Gasteiger partial charge >= 0.3 is 5.97 Å². The van der Waals surface area contributed by atoms with Crippen LogP contribution in [0.3, 0.4) is 0 Å². The molecule has 2 N–H and O–H groups in total. The Morgan fingerprint density at radius 3 is 2.25 bits per heavy atom. The molecule has 1 atom stereocenters. The largest absolute Gasteiger partial charge is 0.497 e. The van der Waals surface area contributed by atoms with Crippen molar-refractivity contribution in [1.82, 2.24) is 5.32 Å². The van der Waals surface area contributed by atoms with E-state index in [1.165, 1.54) is 31.4 Å². The number of benzene rings is 1. The summed E-state index contributed by atoms with van der Waals surface area (Å²) in [6.07, 6.45) is 0. The van der Waals surface area contributed by atoms with Gasteiger partial charge in [0.1, 0.15) is 11.8 Å². The molecular formula is C12H15NO6S. The second kappa shape index (κ2) is 6.38. The van der Waals surface area contributed by atoms with E-state index in [1.54, 1.807) is 0 Å². The Labute approximate surface area is 116 Å². The zero-order chi connectivity index (χ0) is 15.3. The molecule has 0 saturated heterocycles. The minimum Gasteiger partial charge on any atom is -0.497 e. The topological polar surface area (TPSA) is 110 Å². The SMILES string of the molecule is COc1ccc(S(=O)(=O)CC(NC(C)=O)C(=O)O)cc1. The molecule has 1 aromatic carbocycles. The van der Waals surface area contributed by atoms with E-state index in [2.05, 4.69) is 5.32 Å². The lowest BCUT2D eigenvalue weighted by atomic mass is 10.3. The fourth-order valence-corrected chi connectivity index (χ4v) is 2.93. The number of nitrogens with one attached hydrogen (secondary N) is 1. The Morgan fingerprint density at radius 1 is 1.30 bits per heavy atom. The molecule has 0 aliphatic heterocycles. The molecule has 0 aliphatic rings. The van der Waals surface area contributed by atoms with Crippen molar-refractivity contribution in [2.24, 2.45) is 0 Å². The van der Waals surface area contributed by atoms with Crippen molar-refractivity contribution < 1.29 is 27.9 Å². The van der Waals surface area contributed by atoms with Gasteiger partial charge in [-0.05, 0) is 24.3 Å². The lowest BCUT2D eigenvalue weighted by Crippen LogP contribution is -2.44. The Balaban J connectivity index is 2.96. The number of carboxylic acids is 1. The van der Waals surface area contributed by atoms with Gasteiger partial charge in [-0.1, -0.05) is 0 Å². The highest BCUT2D eigenvalue weighted by Gasteiger charge is 2.27. The molecule has 0 aromatic heterocycles. The van der Waals surface area contributed by atoms with Gasteiger partial charge in [0.15, 0.2) is 9.84 Å². The van der Waals surface area contributed by atoms with Crippen molar-refractivity contribution in [2.45, 2.75) is 17.9 Å². The van der Waals surface area contributed by atoms with Crippen LogP contribution in [0.2, 0.25) is 0 Å². The van der Waals surface area contributed by atoms with Crippen molar-refractivity contribution in [3.05, 3.63) is 24.3 Å². The van der Waals surface area contributed by atoms with Crippen LogP contribution < -0.4 is 10.1 Å². The van der Waals surface area contributed by atoms with Crippen LogP contribution in [0.4, 0.5) is 0 Å². The fourth-order valence-electron chi connectivity index (χ4n) is 1.52. The average Bonchev–Trinajstić information content (AvgIpc) is 2.37. The number of ether oxygens (including phenoxy) is 1. The van der Waals surface area contributed by atoms with Crippen molar-refractivity contribution in [3.63, 3.8) is 0 Å². The molecule has 0 aliphatic carbocycles. The summed E-state index contributed by atoms with van der Waals surface area (Å²) in [6, 6.07) is 4.07. The van der Waals surface area contributed by atoms with Gasteiger partial charge in [0.05, 0.1) is 17.8 Å². The van der Waals surface area contributed by atoms with Crippen LogP contribution in [0.15, 0.2) is 29.2 Å². The normalized spacial score (nSPS) is 12.5. The number of sulfone groups is 1. The van der Waals surface area contributed by atoms with Crippen molar-refractivity contribution in [3.8, 4) is 5.75 Å². The molecule has 110 valence electrons. The van der Waals surface area contributed by atoms with Crippen LogP contribution >= 0.6 is 0 Å². The zero-order valence-electron chi connectivity index (χ0n) is 11.0. The molecule has 0 radical (unpaired) electrons. The Bertz CT molecular complexity index is 593. The highest BCUT2D eigenvalue weighted by molar-refractivity contribution is 7.91. The number of hydrogen-bond donors (Lipinski definition) is 2. The average molecular weight is 301 g/mol. The van der Waals surface area contributed by atoms with E-state index in [1.807, 2.05) is 0 Å². The fraction of sp³-hybridized carbons (Fsp3) is 0.333. The summed E-state index contributed by atoms with van der Waals surface area (Å²) in [6.45, 7) is 1.12. The summed E-state index contributed by atoms with van der Waals surface area (Å²) in [5.41, 5.74) is 0. The molecule has 1 aromatic rings. The molecule has 0 heterocycles. The van der Waals surface area contributed by atoms with Crippen LogP contribution in [0, 0.1) is 0 Å². The summed E-state index contributed by atoms with van der Waals surface area (Å²) in [5.74, 6) is -2.24. The van der Waals surface area contributed by atoms with Crippen molar-refractivity contribution in [2.75, 3.05) is 12.9 Å². The number of hydrogen-bond acceptors (Lipinski definition) is 5. The summed E-state index contributed by atoms with van der Waals surface area (Å²) >= 11 is 0. The smallest absolute Gasteiger partial charge is 0.327 e. The minimum absolute atomic E-state index is 0.0325. The highest BCUT2D eigenvalue weighted by Crippen LogP contribution is 2.17.